The number of hydrogen-bond donors (Lipinski definition) is 0. The van der Waals surface area contributed by atoms with E-state index in [9.17, 15) is 0 Å². The molecule has 8 aromatic carbocycles. The van der Waals surface area contributed by atoms with Gasteiger partial charge in [0.2, 0.25) is 0 Å². The van der Waals surface area contributed by atoms with E-state index in [1.807, 2.05) is 12.3 Å². The molecule has 0 unspecified atom stereocenters. The average molecular weight is 730 g/mol. The van der Waals surface area contributed by atoms with Crippen LogP contribution >= 0.6 is 0 Å². The number of benzene rings is 8. The van der Waals surface area contributed by atoms with Crippen LogP contribution in [0.15, 0.2) is 217 Å². The molecule has 11 rings (SSSR count). The smallest absolute Gasteiger partial charge is 0.143 e. The third-order valence-electron chi connectivity index (χ3n) is 11.1. The second-order valence-electron chi connectivity index (χ2n) is 14.4. The Kier molecular flexibility index (Phi) is 7.78. The molecule has 268 valence electrons. The van der Waals surface area contributed by atoms with Crippen LogP contribution in [0.3, 0.4) is 0 Å². The van der Waals surface area contributed by atoms with Gasteiger partial charge in [0.05, 0.1) is 11.0 Å². The van der Waals surface area contributed by atoms with E-state index in [0.717, 1.165) is 61.4 Å². The summed E-state index contributed by atoms with van der Waals surface area (Å²) in [5.74, 6) is 0. The second-order valence-corrected chi connectivity index (χ2v) is 14.4. The molecule has 0 aliphatic rings. The molecule has 0 spiro atoms. The summed E-state index contributed by atoms with van der Waals surface area (Å²) in [6.07, 6.45) is 3.65. The van der Waals surface area contributed by atoms with Gasteiger partial charge in [-0.1, -0.05) is 133 Å². The zero-order valence-corrected chi connectivity index (χ0v) is 31.0. The van der Waals surface area contributed by atoms with Crippen molar-refractivity contribution < 1.29 is 4.42 Å². The molecule has 4 nitrogen and oxygen atoms in total. The van der Waals surface area contributed by atoms with Gasteiger partial charge in [0.25, 0.3) is 0 Å². The maximum Gasteiger partial charge on any atom is 0.143 e. The van der Waals surface area contributed by atoms with Crippen molar-refractivity contribution >= 4 is 60.8 Å². The number of nitrogens with zero attached hydrogens (tertiary/aromatic N) is 3. The first-order chi connectivity index (χ1) is 28.3. The van der Waals surface area contributed by atoms with E-state index in [2.05, 4.69) is 209 Å². The zero-order chi connectivity index (χ0) is 37.7. The second kappa shape index (κ2) is 13.6. The number of fused-ring (bicyclic) bond motifs is 6. The number of hydrogen-bond acceptors (Lipinski definition) is 3. The maximum atomic E-state index is 6.36. The highest BCUT2D eigenvalue weighted by Crippen LogP contribution is 2.40. The Bertz CT molecular complexity index is 3160. The first-order valence-corrected chi connectivity index (χ1v) is 19.3. The molecule has 0 N–H and O–H groups in total. The Morgan fingerprint density at radius 1 is 0.404 bits per heavy atom. The minimum atomic E-state index is 0.844. The Balaban J connectivity index is 0.974. The highest BCUT2D eigenvalue weighted by molar-refractivity contribution is 6.10. The fraction of sp³-hybridized carbons (Fsp3) is 0. The van der Waals surface area contributed by atoms with Gasteiger partial charge in [0.1, 0.15) is 11.2 Å². The molecule has 0 saturated carbocycles. The summed E-state index contributed by atoms with van der Waals surface area (Å²) in [6, 6.07) is 71.5. The standard InChI is InChI=1S/C53H35N3O/c1-2-10-36(11-3-1)37-20-26-41(27-21-37)55(43-30-24-39(25-31-43)45-16-9-17-48-49-35-54-33-32-52(49)57-53(45)48)42-28-22-38(23-29-42)40-12-8-13-44(34-40)56-50-18-6-4-14-46(50)47-15-5-7-19-51(47)56/h1-35H. The summed E-state index contributed by atoms with van der Waals surface area (Å²) in [6.45, 7) is 0. The van der Waals surface area contributed by atoms with Crippen LogP contribution in [0, 0.1) is 0 Å². The molecule has 57 heavy (non-hydrogen) atoms. The first-order valence-electron chi connectivity index (χ1n) is 19.3. The molecule has 4 heteroatoms. The molecule has 3 heterocycles. The molecule has 0 aliphatic carbocycles. The fourth-order valence-corrected chi connectivity index (χ4v) is 8.37. The highest BCUT2D eigenvalue weighted by atomic mass is 16.3. The van der Waals surface area contributed by atoms with E-state index in [0.29, 0.717) is 0 Å². The van der Waals surface area contributed by atoms with Crippen molar-refractivity contribution in [1.29, 1.82) is 0 Å². The minimum Gasteiger partial charge on any atom is -0.455 e. The largest absolute Gasteiger partial charge is 0.455 e. The first kappa shape index (κ1) is 32.7. The average Bonchev–Trinajstić information content (AvgIpc) is 3.84. The van der Waals surface area contributed by atoms with Gasteiger partial charge in [-0.3, -0.25) is 4.98 Å². The van der Waals surface area contributed by atoms with Gasteiger partial charge < -0.3 is 13.9 Å². The number of para-hydroxylation sites is 3. The Morgan fingerprint density at radius 2 is 0.930 bits per heavy atom. The number of anilines is 3. The van der Waals surface area contributed by atoms with Crippen LogP contribution in [0.1, 0.15) is 0 Å². The van der Waals surface area contributed by atoms with Gasteiger partial charge in [0, 0.05) is 62.3 Å². The minimum absolute atomic E-state index is 0.844. The summed E-state index contributed by atoms with van der Waals surface area (Å²) in [7, 11) is 0. The van der Waals surface area contributed by atoms with E-state index >= 15 is 0 Å². The molecule has 0 fully saturated rings. The van der Waals surface area contributed by atoms with Crippen LogP contribution in [-0.2, 0) is 0 Å². The molecule has 0 amide bonds. The van der Waals surface area contributed by atoms with Crippen molar-refractivity contribution in [3.63, 3.8) is 0 Å². The topological polar surface area (TPSA) is 34.2 Å². The Morgan fingerprint density at radius 3 is 1.60 bits per heavy atom. The molecule has 0 aliphatic heterocycles. The Hall–Kier alpha value is -7.69. The lowest BCUT2D eigenvalue weighted by atomic mass is 10.0. The normalized spacial score (nSPS) is 11.5. The fourth-order valence-electron chi connectivity index (χ4n) is 8.37. The summed E-state index contributed by atoms with van der Waals surface area (Å²) >= 11 is 0. The third-order valence-corrected chi connectivity index (χ3v) is 11.1. The van der Waals surface area contributed by atoms with Crippen LogP contribution in [0.25, 0.3) is 82.8 Å². The van der Waals surface area contributed by atoms with Crippen molar-refractivity contribution in [3.05, 3.63) is 213 Å². The van der Waals surface area contributed by atoms with Gasteiger partial charge in [-0.2, -0.15) is 0 Å². The number of rotatable bonds is 7. The van der Waals surface area contributed by atoms with E-state index in [4.69, 9.17) is 4.42 Å². The number of pyridine rings is 1. The van der Waals surface area contributed by atoms with Crippen LogP contribution in [0.4, 0.5) is 17.1 Å². The van der Waals surface area contributed by atoms with Crippen molar-refractivity contribution in [2.45, 2.75) is 0 Å². The van der Waals surface area contributed by atoms with Crippen LogP contribution in [0.2, 0.25) is 0 Å². The SMILES string of the molecule is c1ccc(-c2ccc(N(c3ccc(-c4cccc(-n5c6ccccc6c6ccccc65)c4)cc3)c3ccc(-c4cccc5c4oc4ccncc45)cc3)cc2)cc1. The quantitative estimate of drug-likeness (QED) is 0.164. The van der Waals surface area contributed by atoms with Gasteiger partial charge >= 0.3 is 0 Å². The monoisotopic (exact) mass is 729 g/mol. The molecule has 0 bridgehead atoms. The van der Waals surface area contributed by atoms with Gasteiger partial charge in [-0.25, -0.2) is 0 Å². The van der Waals surface area contributed by atoms with Gasteiger partial charge in [0.15, 0.2) is 0 Å². The van der Waals surface area contributed by atoms with Gasteiger partial charge in [-0.15, -0.1) is 0 Å². The summed E-state index contributed by atoms with van der Waals surface area (Å²) < 4.78 is 8.74. The lowest BCUT2D eigenvalue weighted by Gasteiger charge is -2.26. The van der Waals surface area contributed by atoms with Gasteiger partial charge in [-0.05, 0) is 94.5 Å². The van der Waals surface area contributed by atoms with Crippen molar-refractivity contribution in [1.82, 2.24) is 9.55 Å². The molecule has 3 aromatic heterocycles. The zero-order valence-electron chi connectivity index (χ0n) is 31.0. The molecular weight excluding hydrogens is 695 g/mol. The summed E-state index contributed by atoms with van der Waals surface area (Å²) in [5, 5.41) is 4.62. The van der Waals surface area contributed by atoms with E-state index in [1.54, 1.807) is 6.20 Å². The number of aromatic nitrogens is 2. The van der Waals surface area contributed by atoms with E-state index in [1.165, 1.54) is 38.5 Å². The molecule has 0 atom stereocenters. The van der Waals surface area contributed by atoms with Crippen molar-refractivity contribution in [2.75, 3.05) is 4.90 Å². The number of furan rings is 1. The third kappa shape index (κ3) is 5.66. The van der Waals surface area contributed by atoms with Crippen molar-refractivity contribution in [3.8, 4) is 39.1 Å². The lowest BCUT2D eigenvalue weighted by molar-refractivity contribution is 0.669. The molecule has 11 aromatic rings. The molecule has 0 radical (unpaired) electrons. The van der Waals surface area contributed by atoms with Crippen LogP contribution < -0.4 is 4.90 Å². The molecule has 0 saturated heterocycles. The summed E-state index contributed by atoms with van der Waals surface area (Å²) in [5.41, 5.74) is 15.3. The lowest BCUT2D eigenvalue weighted by Crippen LogP contribution is -2.09. The molecular formula is C53H35N3O. The van der Waals surface area contributed by atoms with Crippen LogP contribution in [0.5, 0.6) is 0 Å². The van der Waals surface area contributed by atoms with Crippen LogP contribution in [-0.4, -0.2) is 9.55 Å². The Labute approximate surface area is 330 Å². The summed E-state index contributed by atoms with van der Waals surface area (Å²) in [4.78, 5) is 6.66. The maximum absolute atomic E-state index is 6.36. The highest BCUT2D eigenvalue weighted by Gasteiger charge is 2.17. The van der Waals surface area contributed by atoms with E-state index < -0.39 is 0 Å². The predicted molar refractivity (Wildman–Crippen MR) is 237 cm³/mol. The predicted octanol–water partition coefficient (Wildman–Crippen LogP) is 14.5. The van der Waals surface area contributed by atoms with E-state index in [-0.39, 0.29) is 0 Å². The van der Waals surface area contributed by atoms with Crippen molar-refractivity contribution in [2.24, 2.45) is 0 Å².